The Morgan fingerprint density at radius 1 is 1.20 bits per heavy atom. The van der Waals surface area contributed by atoms with Crippen LogP contribution in [0, 0.1) is 6.92 Å². The highest BCUT2D eigenvalue weighted by molar-refractivity contribution is 5.25. The lowest BCUT2D eigenvalue weighted by atomic mass is 10.1. The van der Waals surface area contributed by atoms with E-state index >= 15 is 0 Å². The number of hydrogen-bond acceptors (Lipinski definition) is 3. The normalized spacial score (nSPS) is 12.8. The molecule has 0 aliphatic carbocycles. The zero-order chi connectivity index (χ0) is 14.4. The Morgan fingerprint density at radius 2 is 2.00 bits per heavy atom. The van der Waals surface area contributed by atoms with Crippen LogP contribution in [0.15, 0.2) is 47.1 Å². The van der Waals surface area contributed by atoms with Gasteiger partial charge in [-0.3, -0.25) is 0 Å². The maximum atomic E-state index is 5.39. The molecule has 2 aromatic rings. The Hall–Kier alpha value is -1.58. The Kier molecular flexibility index (Phi) is 5.39. The summed E-state index contributed by atoms with van der Waals surface area (Å²) < 4.78 is 5.39. The van der Waals surface area contributed by atoms with Crippen molar-refractivity contribution in [2.45, 2.75) is 26.4 Å². The third kappa shape index (κ3) is 4.22. The third-order valence-corrected chi connectivity index (χ3v) is 3.62. The van der Waals surface area contributed by atoms with Gasteiger partial charge in [0.25, 0.3) is 0 Å². The van der Waals surface area contributed by atoms with Gasteiger partial charge in [0.2, 0.25) is 0 Å². The molecule has 1 atom stereocenters. The Labute approximate surface area is 121 Å². The van der Waals surface area contributed by atoms with Crippen molar-refractivity contribution in [1.29, 1.82) is 0 Å². The molecule has 0 fully saturated rings. The van der Waals surface area contributed by atoms with Crippen molar-refractivity contribution in [3.63, 3.8) is 0 Å². The largest absolute Gasteiger partial charge is 0.468 e. The Bertz CT molecular complexity index is 507. The molecule has 0 aliphatic heterocycles. The first-order valence-electron chi connectivity index (χ1n) is 7.16. The molecule has 3 heteroatoms. The van der Waals surface area contributed by atoms with Gasteiger partial charge in [0, 0.05) is 19.6 Å². The highest BCUT2D eigenvalue weighted by Gasteiger charge is 2.08. The van der Waals surface area contributed by atoms with Gasteiger partial charge in [-0.15, -0.1) is 0 Å². The minimum atomic E-state index is 0.261. The zero-order valence-electron chi connectivity index (χ0n) is 12.6. The molecule has 1 aromatic heterocycles. The van der Waals surface area contributed by atoms with Crippen LogP contribution in [-0.4, -0.2) is 25.0 Å². The van der Waals surface area contributed by atoms with Crippen LogP contribution in [0.1, 0.15) is 29.9 Å². The minimum absolute atomic E-state index is 0.261. The summed E-state index contributed by atoms with van der Waals surface area (Å²) in [4.78, 5) is 2.34. The van der Waals surface area contributed by atoms with Crippen molar-refractivity contribution >= 4 is 0 Å². The molecule has 0 saturated carbocycles. The number of nitrogens with one attached hydrogen (secondary N) is 1. The number of rotatable bonds is 7. The fourth-order valence-electron chi connectivity index (χ4n) is 2.27. The smallest absolute Gasteiger partial charge is 0.120 e. The van der Waals surface area contributed by atoms with E-state index in [1.807, 2.05) is 12.1 Å². The molecule has 1 heterocycles. The summed E-state index contributed by atoms with van der Waals surface area (Å²) in [6.07, 6.45) is 1.72. The standard InChI is InChI=1S/C17H24N2O/c1-14-7-4-5-8-16(14)13-19(3)11-10-18-15(2)17-9-6-12-20-17/h4-9,12,15,18H,10-11,13H2,1-3H3. The van der Waals surface area contributed by atoms with Crippen LogP contribution in [0.4, 0.5) is 0 Å². The third-order valence-electron chi connectivity index (χ3n) is 3.62. The Balaban J connectivity index is 1.73. The first kappa shape index (κ1) is 14.8. The SMILES string of the molecule is Cc1ccccc1CN(C)CCNC(C)c1ccco1. The Morgan fingerprint density at radius 3 is 2.70 bits per heavy atom. The lowest BCUT2D eigenvalue weighted by Crippen LogP contribution is -2.30. The van der Waals surface area contributed by atoms with Crippen molar-refractivity contribution < 1.29 is 4.42 Å². The van der Waals surface area contributed by atoms with Crippen LogP contribution in [0.25, 0.3) is 0 Å². The molecule has 0 radical (unpaired) electrons. The molecule has 20 heavy (non-hydrogen) atoms. The number of nitrogens with zero attached hydrogens (tertiary/aromatic N) is 1. The summed E-state index contributed by atoms with van der Waals surface area (Å²) in [5.41, 5.74) is 2.75. The van der Waals surface area contributed by atoms with E-state index in [0.717, 1.165) is 25.4 Å². The quantitative estimate of drug-likeness (QED) is 0.837. The zero-order valence-corrected chi connectivity index (χ0v) is 12.6. The van der Waals surface area contributed by atoms with E-state index in [-0.39, 0.29) is 6.04 Å². The highest BCUT2D eigenvalue weighted by Crippen LogP contribution is 2.12. The van der Waals surface area contributed by atoms with Crippen LogP contribution >= 0.6 is 0 Å². The van der Waals surface area contributed by atoms with Crippen LogP contribution in [0.3, 0.4) is 0 Å². The second-order valence-electron chi connectivity index (χ2n) is 5.36. The van der Waals surface area contributed by atoms with E-state index in [0.29, 0.717) is 0 Å². The average molecular weight is 272 g/mol. The fourth-order valence-corrected chi connectivity index (χ4v) is 2.27. The number of benzene rings is 1. The van der Waals surface area contributed by atoms with E-state index in [4.69, 9.17) is 4.42 Å². The summed E-state index contributed by atoms with van der Waals surface area (Å²) in [7, 11) is 2.16. The summed E-state index contributed by atoms with van der Waals surface area (Å²) in [5, 5.41) is 3.48. The minimum Gasteiger partial charge on any atom is -0.468 e. The fraction of sp³-hybridized carbons (Fsp3) is 0.412. The van der Waals surface area contributed by atoms with Gasteiger partial charge < -0.3 is 14.6 Å². The van der Waals surface area contributed by atoms with Crippen molar-refractivity contribution in [1.82, 2.24) is 10.2 Å². The van der Waals surface area contributed by atoms with E-state index in [2.05, 4.69) is 55.4 Å². The van der Waals surface area contributed by atoms with Crippen LogP contribution in [0.2, 0.25) is 0 Å². The molecule has 1 aromatic carbocycles. The first-order valence-corrected chi connectivity index (χ1v) is 7.16. The van der Waals surface area contributed by atoms with E-state index < -0.39 is 0 Å². The van der Waals surface area contributed by atoms with Gasteiger partial charge in [-0.1, -0.05) is 24.3 Å². The van der Waals surface area contributed by atoms with Crippen molar-refractivity contribution in [3.05, 3.63) is 59.5 Å². The highest BCUT2D eigenvalue weighted by atomic mass is 16.3. The van der Waals surface area contributed by atoms with E-state index in [9.17, 15) is 0 Å². The number of hydrogen-bond donors (Lipinski definition) is 1. The number of furan rings is 1. The molecule has 0 saturated heterocycles. The second kappa shape index (κ2) is 7.27. The van der Waals surface area contributed by atoms with Gasteiger partial charge in [-0.2, -0.15) is 0 Å². The van der Waals surface area contributed by atoms with Gasteiger partial charge in [0.15, 0.2) is 0 Å². The molecule has 1 N–H and O–H groups in total. The monoisotopic (exact) mass is 272 g/mol. The summed E-state index contributed by atoms with van der Waals surface area (Å²) in [6.45, 7) is 7.24. The van der Waals surface area contributed by atoms with Gasteiger partial charge in [-0.25, -0.2) is 0 Å². The van der Waals surface area contributed by atoms with Crippen molar-refractivity contribution in [3.8, 4) is 0 Å². The summed E-state index contributed by atoms with van der Waals surface area (Å²) >= 11 is 0. The average Bonchev–Trinajstić information content (AvgIpc) is 2.95. The van der Waals surface area contributed by atoms with Gasteiger partial charge in [0.05, 0.1) is 12.3 Å². The second-order valence-corrected chi connectivity index (χ2v) is 5.36. The molecular weight excluding hydrogens is 248 g/mol. The van der Waals surface area contributed by atoms with E-state index in [1.54, 1.807) is 6.26 Å². The van der Waals surface area contributed by atoms with E-state index in [1.165, 1.54) is 11.1 Å². The summed E-state index contributed by atoms with van der Waals surface area (Å²) in [5.74, 6) is 0.992. The number of aryl methyl sites for hydroxylation is 1. The predicted octanol–water partition coefficient (Wildman–Crippen LogP) is 3.37. The lowest BCUT2D eigenvalue weighted by Gasteiger charge is -2.19. The molecular formula is C17H24N2O. The maximum Gasteiger partial charge on any atom is 0.120 e. The molecule has 1 unspecified atom stereocenters. The topological polar surface area (TPSA) is 28.4 Å². The molecule has 0 bridgehead atoms. The van der Waals surface area contributed by atoms with Crippen LogP contribution < -0.4 is 5.32 Å². The molecule has 2 rings (SSSR count). The molecule has 3 nitrogen and oxygen atoms in total. The molecule has 0 spiro atoms. The molecule has 0 aliphatic rings. The molecule has 108 valence electrons. The van der Waals surface area contributed by atoms with Crippen LogP contribution in [-0.2, 0) is 6.54 Å². The molecule has 0 amide bonds. The van der Waals surface area contributed by atoms with Gasteiger partial charge in [0.1, 0.15) is 5.76 Å². The predicted molar refractivity (Wildman–Crippen MR) is 82.6 cm³/mol. The van der Waals surface area contributed by atoms with Crippen molar-refractivity contribution in [2.75, 3.05) is 20.1 Å². The lowest BCUT2D eigenvalue weighted by molar-refractivity contribution is 0.312. The maximum absolute atomic E-state index is 5.39. The van der Waals surface area contributed by atoms with Crippen molar-refractivity contribution in [2.24, 2.45) is 0 Å². The first-order chi connectivity index (χ1) is 9.66. The van der Waals surface area contributed by atoms with Crippen LogP contribution in [0.5, 0.6) is 0 Å². The van der Waals surface area contributed by atoms with Gasteiger partial charge >= 0.3 is 0 Å². The number of likely N-dealkylation sites (N-methyl/N-ethyl adjacent to an activating group) is 1. The van der Waals surface area contributed by atoms with Gasteiger partial charge in [-0.05, 0) is 44.2 Å². The summed E-state index contributed by atoms with van der Waals surface area (Å²) in [6, 6.07) is 12.8.